The Labute approximate surface area is 188 Å². The van der Waals surface area contributed by atoms with Crippen LogP contribution in [0.15, 0.2) is 0 Å². The van der Waals surface area contributed by atoms with Gasteiger partial charge in [0, 0.05) is 18.6 Å². The molecule has 3 rings (SSSR count). The van der Waals surface area contributed by atoms with Gasteiger partial charge in [-0.2, -0.15) is 9.44 Å². The van der Waals surface area contributed by atoms with E-state index in [1.165, 1.54) is 5.06 Å². The average molecular weight is 460 g/mol. The fourth-order valence-corrected chi connectivity index (χ4v) is 5.04. The molecular weight excluding hydrogens is 422 g/mol. The molecule has 1 aromatic rings. The predicted molar refractivity (Wildman–Crippen MR) is 118 cm³/mol. The Balaban J connectivity index is 1.81. The van der Waals surface area contributed by atoms with E-state index in [0.717, 1.165) is 11.7 Å². The molecular formula is C20H37N5O5S. The van der Waals surface area contributed by atoms with Crippen LogP contribution in [0.1, 0.15) is 48.5 Å². The van der Waals surface area contributed by atoms with Crippen molar-refractivity contribution in [3.05, 3.63) is 0 Å². The maximum absolute atomic E-state index is 10.9. The summed E-state index contributed by atoms with van der Waals surface area (Å²) >= 11 is 1.03. The smallest absolute Gasteiger partial charge is 0.270 e. The zero-order valence-corrected chi connectivity index (χ0v) is 20.3. The monoisotopic (exact) mass is 459 g/mol. The third-order valence-electron chi connectivity index (χ3n) is 6.07. The highest BCUT2D eigenvalue weighted by Crippen LogP contribution is 2.48. The molecule has 0 aromatic carbocycles. The lowest BCUT2D eigenvalue weighted by molar-refractivity contribution is -0.207. The Kier molecular flexibility index (Phi) is 6.89. The summed E-state index contributed by atoms with van der Waals surface area (Å²) in [5.41, 5.74) is -1.42. The predicted octanol–water partition coefficient (Wildman–Crippen LogP) is 0.863. The van der Waals surface area contributed by atoms with Crippen LogP contribution < -0.4 is 15.0 Å². The second kappa shape index (κ2) is 8.69. The zero-order chi connectivity index (χ0) is 23.2. The normalized spacial score (nSPS) is 29.1. The second-order valence-corrected chi connectivity index (χ2v) is 11.1. The Hall–Kier alpha value is -1.08. The quantitative estimate of drug-likeness (QED) is 0.467. The van der Waals surface area contributed by atoms with Crippen LogP contribution in [0.2, 0.25) is 0 Å². The number of fused-ring (bicyclic) bond motifs is 1. The fraction of sp³-hybridized carbons (Fsp3) is 0.900. The molecule has 4 unspecified atom stereocenters. The number of aliphatic hydroxyl groups excluding tert-OH is 2. The van der Waals surface area contributed by atoms with Crippen molar-refractivity contribution >= 4 is 17.5 Å². The van der Waals surface area contributed by atoms with Crippen molar-refractivity contribution in [3.8, 4) is 5.88 Å². The van der Waals surface area contributed by atoms with Crippen LogP contribution in [0.5, 0.6) is 5.88 Å². The molecule has 10 nitrogen and oxygen atoms in total. The Morgan fingerprint density at radius 1 is 1.26 bits per heavy atom. The van der Waals surface area contributed by atoms with Crippen LogP contribution in [0.25, 0.3) is 0 Å². The molecule has 0 saturated carbocycles. The van der Waals surface area contributed by atoms with Gasteiger partial charge in [-0.05, 0) is 48.5 Å². The summed E-state index contributed by atoms with van der Waals surface area (Å²) in [4.78, 5) is 2.02. The molecule has 0 aliphatic carbocycles. The highest BCUT2D eigenvalue weighted by atomic mass is 32.1. The van der Waals surface area contributed by atoms with E-state index < -0.39 is 23.3 Å². The minimum Gasteiger partial charge on any atom is -0.472 e. The number of rotatable bonds is 7. The molecule has 4 N–H and O–H groups in total. The van der Waals surface area contributed by atoms with Crippen molar-refractivity contribution in [3.63, 3.8) is 0 Å². The molecule has 0 amide bonds. The molecule has 1 aromatic heterocycles. The van der Waals surface area contributed by atoms with Crippen LogP contribution in [-0.2, 0) is 4.74 Å². The molecule has 4 atom stereocenters. The first kappa shape index (κ1) is 24.6. The van der Waals surface area contributed by atoms with Gasteiger partial charge in [0.25, 0.3) is 5.88 Å². The first-order valence-corrected chi connectivity index (χ1v) is 11.4. The number of ether oxygens (including phenoxy) is 2. The molecule has 0 radical (unpaired) electrons. The summed E-state index contributed by atoms with van der Waals surface area (Å²) in [6.45, 7) is 14.6. The van der Waals surface area contributed by atoms with Gasteiger partial charge in [0.05, 0.1) is 41.6 Å². The SMILES string of the molecule is CC(C)(C)NCC(O)COc1nsnc1N1CC(CO)OC2C1C(C)(C)N(O)C2(C)C. The molecule has 2 aliphatic rings. The van der Waals surface area contributed by atoms with Crippen LogP contribution >= 0.6 is 11.7 Å². The van der Waals surface area contributed by atoms with Crippen molar-refractivity contribution in [1.82, 2.24) is 19.1 Å². The lowest BCUT2D eigenvalue weighted by Gasteiger charge is -2.46. The van der Waals surface area contributed by atoms with Crippen LogP contribution in [0.4, 0.5) is 5.82 Å². The van der Waals surface area contributed by atoms with Crippen molar-refractivity contribution in [2.75, 3.05) is 31.2 Å². The van der Waals surface area contributed by atoms with E-state index in [1.807, 2.05) is 53.4 Å². The largest absolute Gasteiger partial charge is 0.472 e. The molecule has 2 saturated heterocycles. The van der Waals surface area contributed by atoms with Gasteiger partial charge in [0.2, 0.25) is 5.82 Å². The molecule has 0 spiro atoms. The van der Waals surface area contributed by atoms with E-state index in [0.29, 0.717) is 24.8 Å². The van der Waals surface area contributed by atoms with E-state index in [2.05, 4.69) is 14.1 Å². The number of morpholine rings is 1. The third-order valence-corrected chi connectivity index (χ3v) is 6.57. The summed E-state index contributed by atoms with van der Waals surface area (Å²) in [6, 6.07) is -0.242. The summed E-state index contributed by atoms with van der Waals surface area (Å²) in [5, 5.41) is 35.6. The van der Waals surface area contributed by atoms with Gasteiger partial charge < -0.3 is 35.1 Å². The maximum atomic E-state index is 10.9. The number of nitrogens with zero attached hydrogens (tertiary/aromatic N) is 4. The van der Waals surface area contributed by atoms with Crippen molar-refractivity contribution in [2.24, 2.45) is 0 Å². The summed E-state index contributed by atoms with van der Waals surface area (Å²) in [5.74, 6) is 0.874. The molecule has 3 heterocycles. The van der Waals surface area contributed by atoms with Crippen LogP contribution in [-0.4, -0.2) is 96.5 Å². The van der Waals surface area contributed by atoms with Gasteiger partial charge in [-0.3, -0.25) is 0 Å². The number of aliphatic hydroxyl groups is 2. The van der Waals surface area contributed by atoms with E-state index in [4.69, 9.17) is 9.47 Å². The van der Waals surface area contributed by atoms with Crippen LogP contribution in [0.3, 0.4) is 0 Å². The van der Waals surface area contributed by atoms with Gasteiger partial charge >= 0.3 is 0 Å². The fourth-order valence-electron chi connectivity index (χ4n) is 4.53. The van der Waals surface area contributed by atoms with E-state index in [-0.39, 0.29) is 30.9 Å². The van der Waals surface area contributed by atoms with E-state index in [1.54, 1.807) is 0 Å². The Bertz CT molecular complexity index is 753. The minimum absolute atomic E-state index is 0.0738. The summed E-state index contributed by atoms with van der Waals surface area (Å²) in [6.07, 6.45) is -1.50. The minimum atomic E-state index is -0.703. The lowest BCUT2D eigenvalue weighted by atomic mass is 9.88. The number of nitrogens with one attached hydrogen (secondary N) is 1. The number of hydrogen-bond donors (Lipinski definition) is 4. The Morgan fingerprint density at radius 3 is 2.55 bits per heavy atom. The average Bonchev–Trinajstić information content (AvgIpc) is 3.21. The number of hydrogen-bond acceptors (Lipinski definition) is 11. The maximum Gasteiger partial charge on any atom is 0.270 e. The van der Waals surface area contributed by atoms with Gasteiger partial charge in [-0.1, -0.05) is 0 Å². The first-order valence-electron chi connectivity index (χ1n) is 10.7. The molecule has 178 valence electrons. The van der Waals surface area contributed by atoms with E-state index in [9.17, 15) is 15.4 Å². The lowest BCUT2D eigenvalue weighted by Crippen LogP contribution is -2.62. The highest BCUT2D eigenvalue weighted by Gasteiger charge is 2.63. The molecule has 0 bridgehead atoms. The third kappa shape index (κ3) is 4.82. The Morgan fingerprint density at radius 2 is 1.94 bits per heavy atom. The van der Waals surface area contributed by atoms with E-state index >= 15 is 0 Å². The molecule has 31 heavy (non-hydrogen) atoms. The van der Waals surface area contributed by atoms with Gasteiger partial charge in [-0.15, -0.1) is 4.37 Å². The first-order chi connectivity index (χ1) is 14.3. The van der Waals surface area contributed by atoms with Crippen LogP contribution in [0, 0.1) is 0 Å². The number of β-amino-alcohol motifs (C(OH)–C–C–N with tert-alkyl or cyclic N) is 1. The second-order valence-electron chi connectivity index (χ2n) is 10.6. The topological polar surface area (TPSA) is 123 Å². The van der Waals surface area contributed by atoms with Gasteiger partial charge in [0.1, 0.15) is 18.8 Å². The number of aromatic nitrogens is 2. The standard InChI is InChI=1S/C20H37N5O5S/c1-18(2,3)21-8-12(27)11-29-17-16(22-31-23-17)24-9-13(10-26)30-15-14(24)19(4,5)25(28)20(15,6)7/h12-15,21,26-28H,8-11H2,1-7H3. The summed E-state index contributed by atoms with van der Waals surface area (Å²) in [7, 11) is 0. The number of hydroxylamine groups is 2. The van der Waals surface area contributed by atoms with Gasteiger partial charge in [-0.25, -0.2) is 0 Å². The van der Waals surface area contributed by atoms with Crippen molar-refractivity contribution < 1.29 is 24.9 Å². The highest BCUT2D eigenvalue weighted by molar-refractivity contribution is 6.99. The van der Waals surface area contributed by atoms with Gasteiger partial charge in [0.15, 0.2) is 0 Å². The molecule has 2 aliphatic heterocycles. The molecule has 2 fully saturated rings. The van der Waals surface area contributed by atoms with Crippen molar-refractivity contribution in [2.45, 2.75) is 89.4 Å². The number of anilines is 1. The zero-order valence-electron chi connectivity index (χ0n) is 19.5. The molecule has 11 heteroatoms. The summed E-state index contributed by atoms with van der Waals surface area (Å²) < 4.78 is 20.8. The van der Waals surface area contributed by atoms with Crippen molar-refractivity contribution in [1.29, 1.82) is 0 Å².